The molecule has 0 bridgehead atoms. The molecule has 20 heavy (non-hydrogen) atoms. The molecule has 2 aliphatic rings. The lowest BCUT2D eigenvalue weighted by Gasteiger charge is -2.43. The number of anilines is 1. The van der Waals surface area contributed by atoms with Gasteiger partial charge in [-0.25, -0.2) is 0 Å². The standard InChI is InChI=1S/C13H21N5O2/c1-19-11-7-12(20-2)16-13(15-11)18-5-3-17(4-6-18)10-8-14-9-10/h7,10,14H,3-6,8-9H2,1-2H3. The number of nitrogens with one attached hydrogen (secondary N) is 1. The SMILES string of the molecule is COc1cc(OC)nc(N2CCN(C3CNC3)CC2)n1. The Balaban J connectivity index is 1.67. The van der Waals surface area contributed by atoms with E-state index in [2.05, 4.69) is 25.1 Å². The van der Waals surface area contributed by atoms with E-state index in [1.54, 1.807) is 20.3 Å². The number of ether oxygens (including phenoxy) is 2. The van der Waals surface area contributed by atoms with Crippen LogP contribution in [0.3, 0.4) is 0 Å². The van der Waals surface area contributed by atoms with Crippen molar-refractivity contribution in [1.82, 2.24) is 20.2 Å². The third-order valence-electron chi connectivity index (χ3n) is 3.96. The Morgan fingerprint density at radius 2 is 1.65 bits per heavy atom. The average molecular weight is 279 g/mol. The molecule has 0 spiro atoms. The predicted octanol–water partition coefficient (Wildman–Crippen LogP) is -0.412. The second kappa shape index (κ2) is 5.80. The molecule has 7 heteroatoms. The molecular formula is C13H21N5O2. The number of rotatable bonds is 4. The number of piperazine rings is 1. The van der Waals surface area contributed by atoms with Crippen molar-refractivity contribution in [3.8, 4) is 11.8 Å². The molecule has 1 aromatic rings. The summed E-state index contributed by atoms with van der Waals surface area (Å²) in [6.45, 7) is 6.21. The van der Waals surface area contributed by atoms with Crippen LogP contribution in [-0.4, -0.2) is 74.4 Å². The molecule has 1 aromatic heterocycles. The van der Waals surface area contributed by atoms with E-state index in [1.165, 1.54) is 0 Å². The Labute approximate surface area is 118 Å². The van der Waals surface area contributed by atoms with Crippen molar-refractivity contribution in [3.63, 3.8) is 0 Å². The molecule has 2 aliphatic heterocycles. The van der Waals surface area contributed by atoms with Crippen LogP contribution < -0.4 is 19.7 Å². The minimum absolute atomic E-state index is 0.539. The van der Waals surface area contributed by atoms with Crippen LogP contribution in [0.4, 0.5) is 5.95 Å². The van der Waals surface area contributed by atoms with Gasteiger partial charge in [0.05, 0.1) is 20.3 Å². The van der Waals surface area contributed by atoms with Gasteiger partial charge >= 0.3 is 0 Å². The predicted molar refractivity (Wildman–Crippen MR) is 75.6 cm³/mol. The van der Waals surface area contributed by atoms with Gasteiger partial charge in [0.15, 0.2) is 0 Å². The zero-order valence-corrected chi connectivity index (χ0v) is 12.0. The van der Waals surface area contributed by atoms with Gasteiger partial charge in [0, 0.05) is 45.3 Å². The summed E-state index contributed by atoms with van der Waals surface area (Å²) in [6.07, 6.45) is 0. The Kier molecular flexibility index (Phi) is 3.88. The molecule has 2 saturated heterocycles. The summed E-state index contributed by atoms with van der Waals surface area (Å²) in [4.78, 5) is 13.5. The summed E-state index contributed by atoms with van der Waals surface area (Å²) in [7, 11) is 3.21. The minimum Gasteiger partial charge on any atom is -0.481 e. The fourth-order valence-electron chi connectivity index (χ4n) is 2.56. The highest BCUT2D eigenvalue weighted by Gasteiger charge is 2.28. The highest BCUT2D eigenvalue weighted by atomic mass is 16.5. The molecule has 0 unspecified atom stereocenters. The monoisotopic (exact) mass is 279 g/mol. The van der Waals surface area contributed by atoms with E-state index in [-0.39, 0.29) is 0 Å². The second-order valence-corrected chi connectivity index (χ2v) is 5.09. The smallest absolute Gasteiger partial charge is 0.232 e. The fraction of sp³-hybridized carbons (Fsp3) is 0.692. The minimum atomic E-state index is 0.539. The first-order chi connectivity index (χ1) is 9.80. The van der Waals surface area contributed by atoms with Crippen LogP contribution in [0.5, 0.6) is 11.8 Å². The zero-order chi connectivity index (χ0) is 13.9. The van der Waals surface area contributed by atoms with Crippen LogP contribution in [0, 0.1) is 0 Å². The Morgan fingerprint density at radius 1 is 1.05 bits per heavy atom. The van der Waals surface area contributed by atoms with Gasteiger partial charge in [-0.1, -0.05) is 0 Å². The van der Waals surface area contributed by atoms with Crippen molar-refractivity contribution in [2.45, 2.75) is 6.04 Å². The lowest BCUT2D eigenvalue weighted by atomic mass is 10.1. The van der Waals surface area contributed by atoms with Crippen molar-refractivity contribution < 1.29 is 9.47 Å². The molecule has 3 heterocycles. The summed E-state index contributed by atoms with van der Waals surface area (Å²) in [6, 6.07) is 2.40. The van der Waals surface area contributed by atoms with Crippen molar-refractivity contribution in [3.05, 3.63) is 6.07 Å². The van der Waals surface area contributed by atoms with Gasteiger partial charge in [-0.15, -0.1) is 0 Å². The number of hydrogen-bond acceptors (Lipinski definition) is 7. The number of hydrogen-bond donors (Lipinski definition) is 1. The van der Waals surface area contributed by atoms with Crippen LogP contribution in [0.1, 0.15) is 0 Å². The van der Waals surface area contributed by atoms with Crippen LogP contribution in [0.15, 0.2) is 6.07 Å². The van der Waals surface area contributed by atoms with Crippen LogP contribution in [0.25, 0.3) is 0 Å². The maximum atomic E-state index is 5.20. The van der Waals surface area contributed by atoms with Gasteiger partial charge in [-0.05, 0) is 0 Å². The van der Waals surface area contributed by atoms with Gasteiger partial charge in [0.25, 0.3) is 0 Å². The Bertz CT molecular complexity index is 436. The first-order valence-electron chi connectivity index (χ1n) is 6.97. The summed E-state index contributed by atoms with van der Waals surface area (Å²) in [5.74, 6) is 1.77. The van der Waals surface area contributed by atoms with Crippen molar-refractivity contribution >= 4 is 5.95 Å². The maximum Gasteiger partial charge on any atom is 0.232 e. The van der Waals surface area contributed by atoms with Gasteiger partial charge < -0.3 is 19.7 Å². The van der Waals surface area contributed by atoms with E-state index in [0.29, 0.717) is 23.8 Å². The topological polar surface area (TPSA) is 62.8 Å². The molecule has 0 aromatic carbocycles. The van der Waals surface area contributed by atoms with E-state index in [0.717, 1.165) is 39.3 Å². The van der Waals surface area contributed by atoms with Gasteiger partial charge in [0.2, 0.25) is 17.7 Å². The molecule has 1 N–H and O–H groups in total. The fourth-order valence-corrected chi connectivity index (χ4v) is 2.56. The summed E-state index contributed by atoms with van der Waals surface area (Å²) >= 11 is 0. The average Bonchev–Trinajstić information content (AvgIpc) is 2.45. The summed E-state index contributed by atoms with van der Waals surface area (Å²) in [5.41, 5.74) is 0. The lowest BCUT2D eigenvalue weighted by molar-refractivity contribution is 0.137. The van der Waals surface area contributed by atoms with Crippen LogP contribution in [0.2, 0.25) is 0 Å². The van der Waals surface area contributed by atoms with Crippen LogP contribution >= 0.6 is 0 Å². The highest BCUT2D eigenvalue weighted by molar-refractivity contribution is 5.37. The first kappa shape index (κ1) is 13.4. The van der Waals surface area contributed by atoms with E-state index in [4.69, 9.17) is 9.47 Å². The molecule has 0 radical (unpaired) electrons. The van der Waals surface area contributed by atoms with Crippen molar-refractivity contribution in [2.24, 2.45) is 0 Å². The number of aromatic nitrogens is 2. The molecule has 110 valence electrons. The molecule has 3 rings (SSSR count). The van der Waals surface area contributed by atoms with E-state index < -0.39 is 0 Å². The molecule has 0 saturated carbocycles. The second-order valence-electron chi connectivity index (χ2n) is 5.09. The van der Waals surface area contributed by atoms with Gasteiger partial charge in [0.1, 0.15) is 0 Å². The normalized spacial score (nSPS) is 20.6. The Hall–Kier alpha value is -1.60. The van der Waals surface area contributed by atoms with E-state index in [1.807, 2.05) is 0 Å². The molecule has 0 atom stereocenters. The number of nitrogens with zero attached hydrogens (tertiary/aromatic N) is 4. The summed E-state index contributed by atoms with van der Waals surface area (Å²) in [5, 5.41) is 3.32. The Morgan fingerprint density at radius 3 is 2.10 bits per heavy atom. The molecule has 0 aliphatic carbocycles. The molecule has 2 fully saturated rings. The zero-order valence-electron chi connectivity index (χ0n) is 12.0. The quantitative estimate of drug-likeness (QED) is 0.803. The van der Waals surface area contributed by atoms with Gasteiger partial charge in [-0.3, -0.25) is 4.90 Å². The lowest BCUT2D eigenvalue weighted by Crippen LogP contribution is -2.61. The van der Waals surface area contributed by atoms with E-state index in [9.17, 15) is 0 Å². The maximum absolute atomic E-state index is 5.20. The van der Waals surface area contributed by atoms with Crippen molar-refractivity contribution in [1.29, 1.82) is 0 Å². The van der Waals surface area contributed by atoms with Crippen LogP contribution in [-0.2, 0) is 0 Å². The highest BCUT2D eigenvalue weighted by Crippen LogP contribution is 2.21. The third kappa shape index (κ3) is 2.64. The first-order valence-corrected chi connectivity index (χ1v) is 6.97. The van der Waals surface area contributed by atoms with Gasteiger partial charge in [-0.2, -0.15) is 9.97 Å². The molecular weight excluding hydrogens is 258 g/mol. The molecule has 7 nitrogen and oxygen atoms in total. The third-order valence-corrected chi connectivity index (χ3v) is 3.96. The number of methoxy groups -OCH3 is 2. The van der Waals surface area contributed by atoms with Crippen molar-refractivity contribution in [2.75, 3.05) is 58.4 Å². The molecule has 0 amide bonds. The van der Waals surface area contributed by atoms with E-state index >= 15 is 0 Å². The summed E-state index contributed by atoms with van der Waals surface area (Å²) < 4.78 is 10.4. The largest absolute Gasteiger partial charge is 0.481 e.